The lowest BCUT2D eigenvalue weighted by Gasteiger charge is -2.22. The molecule has 2 amide bonds. The van der Waals surface area contributed by atoms with Crippen molar-refractivity contribution in [2.24, 2.45) is 0 Å². The number of aliphatic hydroxyl groups is 1. The maximum absolute atomic E-state index is 11.9. The molecule has 5 heteroatoms. The summed E-state index contributed by atoms with van der Waals surface area (Å²) in [4.78, 5) is 12.7. The van der Waals surface area contributed by atoms with Gasteiger partial charge in [0.05, 0.1) is 6.54 Å². The van der Waals surface area contributed by atoms with Gasteiger partial charge in [-0.1, -0.05) is 12.1 Å². The molecule has 112 valence electrons. The van der Waals surface area contributed by atoms with Crippen LogP contribution in [-0.4, -0.2) is 17.7 Å². The largest absolute Gasteiger partial charge is 0.383 e. The molecule has 1 heterocycles. The van der Waals surface area contributed by atoms with Gasteiger partial charge >= 0.3 is 6.03 Å². The molecular weight excluding hydrogens is 284 g/mol. The standard InChI is InChI=1S/C16H20N2O2S/c1-11-7-12(2)9-13(8-11)18-15(19)17-10-16(3,20)14-5-4-6-21-14/h4-9,20H,10H2,1-3H3,(H2,17,18,19). The van der Waals surface area contributed by atoms with Gasteiger partial charge in [0.15, 0.2) is 0 Å². The summed E-state index contributed by atoms with van der Waals surface area (Å²) in [5.74, 6) is 0. The molecule has 1 unspecified atom stereocenters. The molecule has 0 aliphatic rings. The molecule has 2 aromatic rings. The second-order valence-corrected chi connectivity index (χ2v) is 6.38. The number of hydrogen-bond donors (Lipinski definition) is 3. The molecular formula is C16H20N2O2S. The first-order valence-corrected chi connectivity index (χ1v) is 7.64. The zero-order chi connectivity index (χ0) is 15.5. The SMILES string of the molecule is Cc1cc(C)cc(NC(=O)NCC(C)(O)c2cccs2)c1. The smallest absolute Gasteiger partial charge is 0.319 e. The molecule has 21 heavy (non-hydrogen) atoms. The fraction of sp³-hybridized carbons (Fsp3) is 0.312. The highest BCUT2D eigenvalue weighted by atomic mass is 32.1. The van der Waals surface area contributed by atoms with Gasteiger partial charge < -0.3 is 15.7 Å². The molecule has 0 saturated heterocycles. The van der Waals surface area contributed by atoms with Crippen molar-refractivity contribution < 1.29 is 9.90 Å². The maximum atomic E-state index is 11.9. The molecule has 4 nitrogen and oxygen atoms in total. The zero-order valence-corrected chi connectivity index (χ0v) is 13.3. The van der Waals surface area contributed by atoms with Crippen LogP contribution in [0.1, 0.15) is 22.9 Å². The number of carbonyl (C=O) groups excluding carboxylic acids is 1. The van der Waals surface area contributed by atoms with Crippen LogP contribution in [0.5, 0.6) is 0 Å². The normalized spacial score (nSPS) is 13.5. The summed E-state index contributed by atoms with van der Waals surface area (Å²) in [6.07, 6.45) is 0. The number of anilines is 1. The van der Waals surface area contributed by atoms with Crippen LogP contribution in [0.25, 0.3) is 0 Å². The Morgan fingerprint density at radius 3 is 2.52 bits per heavy atom. The van der Waals surface area contributed by atoms with Crippen LogP contribution in [0, 0.1) is 13.8 Å². The van der Waals surface area contributed by atoms with Gasteiger partial charge in [0.2, 0.25) is 0 Å². The molecule has 0 spiro atoms. The molecule has 1 aromatic carbocycles. The minimum absolute atomic E-state index is 0.157. The molecule has 0 fully saturated rings. The van der Waals surface area contributed by atoms with E-state index in [1.54, 1.807) is 6.92 Å². The second-order valence-electron chi connectivity index (χ2n) is 5.44. The Labute approximate surface area is 128 Å². The van der Waals surface area contributed by atoms with Crippen molar-refractivity contribution in [1.29, 1.82) is 0 Å². The highest BCUT2D eigenvalue weighted by Crippen LogP contribution is 2.24. The fourth-order valence-electron chi connectivity index (χ4n) is 2.15. The van der Waals surface area contributed by atoms with Crippen LogP contribution in [0.3, 0.4) is 0 Å². The number of thiophene rings is 1. The van der Waals surface area contributed by atoms with Crippen LogP contribution in [0.4, 0.5) is 10.5 Å². The van der Waals surface area contributed by atoms with Crippen LogP contribution < -0.4 is 10.6 Å². The van der Waals surface area contributed by atoms with Gasteiger partial charge in [0, 0.05) is 10.6 Å². The lowest BCUT2D eigenvalue weighted by Crippen LogP contribution is -2.40. The summed E-state index contributed by atoms with van der Waals surface area (Å²) in [5.41, 5.74) is 1.88. The average molecular weight is 304 g/mol. The van der Waals surface area contributed by atoms with Gasteiger partial charge in [-0.05, 0) is 55.5 Å². The van der Waals surface area contributed by atoms with E-state index in [9.17, 15) is 9.90 Å². The van der Waals surface area contributed by atoms with Gasteiger partial charge in [-0.3, -0.25) is 0 Å². The van der Waals surface area contributed by atoms with Gasteiger partial charge in [-0.25, -0.2) is 4.79 Å². The molecule has 1 aromatic heterocycles. The van der Waals surface area contributed by atoms with E-state index < -0.39 is 5.60 Å². The molecule has 1 atom stereocenters. The van der Waals surface area contributed by atoms with Crippen molar-refractivity contribution in [2.75, 3.05) is 11.9 Å². The number of rotatable bonds is 4. The number of amides is 2. The van der Waals surface area contributed by atoms with E-state index >= 15 is 0 Å². The minimum Gasteiger partial charge on any atom is -0.383 e. The monoisotopic (exact) mass is 304 g/mol. The highest BCUT2D eigenvalue weighted by molar-refractivity contribution is 7.10. The van der Waals surface area contributed by atoms with E-state index in [-0.39, 0.29) is 12.6 Å². The number of urea groups is 1. The quantitative estimate of drug-likeness (QED) is 0.811. The van der Waals surface area contributed by atoms with Crippen molar-refractivity contribution in [3.05, 3.63) is 51.7 Å². The summed E-state index contributed by atoms with van der Waals surface area (Å²) in [5, 5.41) is 17.7. The van der Waals surface area contributed by atoms with E-state index in [0.29, 0.717) is 0 Å². The van der Waals surface area contributed by atoms with Crippen molar-refractivity contribution in [3.63, 3.8) is 0 Å². The van der Waals surface area contributed by atoms with Gasteiger partial charge in [-0.2, -0.15) is 0 Å². The molecule has 0 radical (unpaired) electrons. The van der Waals surface area contributed by atoms with E-state index in [1.165, 1.54) is 11.3 Å². The number of hydrogen-bond acceptors (Lipinski definition) is 3. The first-order valence-electron chi connectivity index (χ1n) is 6.76. The third-order valence-electron chi connectivity index (χ3n) is 3.12. The number of carbonyl (C=O) groups is 1. The van der Waals surface area contributed by atoms with E-state index in [2.05, 4.69) is 10.6 Å². The predicted octanol–water partition coefficient (Wildman–Crippen LogP) is 3.39. The highest BCUT2D eigenvalue weighted by Gasteiger charge is 2.24. The fourth-order valence-corrected chi connectivity index (χ4v) is 2.93. The topological polar surface area (TPSA) is 61.4 Å². The Morgan fingerprint density at radius 1 is 1.29 bits per heavy atom. The van der Waals surface area contributed by atoms with Gasteiger partial charge in [0.25, 0.3) is 0 Å². The zero-order valence-electron chi connectivity index (χ0n) is 12.4. The summed E-state index contributed by atoms with van der Waals surface area (Å²) in [6.45, 7) is 5.81. The summed E-state index contributed by atoms with van der Waals surface area (Å²) in [6, 6.07) is 9.27. The van der Waals surface area contributed by atoms with Crippen LogP contribution in [0.2, 0.25) is 0 Å². The molecule has 2 rings (SSSR count). The molecule has 0 bridgehead atoms. The van der Waals surface area contributed by atoms with Crippen molar-refractivity contribution in [3.8, 4) is 0 Å². The predicted molar refractivity (Wildman–Crippen MR) is 86.8 cm³/mol. The van der Waals surface area contributed by atoms with Crippen molar-refractivity contribution >= 4 is 23.1 Å². The second kappa shape index (κ2) is 6.28. The third-order valence-corrected chi connectivity index (χ3v) is 4.25. The van der Waals surface area contributed by atoms with Gasteiger partial charge in [0.1, 0.15) is 5.60 Å². The minimum atomic E-state index is -1.06. The lowest BCUT2D eigenvalue weighted by molar-refractivity contribution is 0.0637. The first kappa shape index (κ1) is 15.5. The van der Waals surface area contributed by atoms with E-state index in [0.717, 1.165) is 21.7 Å². The van der Waals surface area contributed by atoms with Crippen LogP contribution in [-0.2, 0) is 5.60 Å². The molecule has 0 aliphatic heterocycles. The molecule has 3 N–H and O–H groups in total. The van der Waals surface area contributed by atoms with Crippen LogP contribution >= 0.6 is 11.3 Å². The summed E-state index contributed by atoms with van der Waals surface area (Å²) >= 11 is 1.47. The Hall–Kier alpha value is -1.85. The van der Waals surface area contributed by atoms with Crippen LogP contribution in [0.15, 0.2) is 35.7 Å². The summed E-state index contributed by atoms with van der Waals surface area (Å²) < 4.78 is 0. The van der Waals surface area contributed by atoms with E-state index in [1.807, 2.05) is 49.6 Å². The van der Waals surface area contributed by atoms with E-state index in [4.69, 9.17) is 0 Å². The Bertz CT molecular complexity index is 601. The van der Waals surface area contributed by atoms with Crippen molar-refractivity contribution in [2.45, 2.75) is 26.4 Å². The Morgan fingerprint density at radius 2 is 1.95 bits per heavy atom. The number of benzene rings is 1. The summed E-state index contributed by atoms with van der Waals surface area (Å²) in [7, 11) is 0. The Balaban J connectivity index is 1.93. The lowest BCUT2D eigenvalue weighted by atomic mass is 10.1. The first-order chi connectivity index (χ1) is 9.87. The van der Waals surface area contributed by atoms with Gasteiger partial charge in [-0.15, -0.1) is 11.3 Å². The number of aryl methyl sites for hydroxylation is 2. The Kier molecular flexibility index (Phi) is 4.65. The molecule has 0 saturated carbocycles. The average Bonchev–Trinajstić information content (AvgIpc) is 2.89. The molecule has 0 aliphatic carbocycles. The third kappa shape index (κ3) is 4.31. The maximum Gasteiger partial charge on any atom is 0.319 e. The van der Waals surface area contributed by atoms with Crippen molar-refractivity contribution in [1.82, 2.24) is 5.32 Å². The number of nitrogens with one attached hydrogen (secondary N) is 2.